The lowest BCUT2D eigenvalue weighted by Crippen LogP contribution is -2.38. The van der Waals surface area contributed by atoms with Crippen molar-refractivity contribution in [3.63, 3.8) is 0 Å². The van der Waals surface area contributed by atoms with Crippen molar-refractivity contribution in [2.75, 3.05) is 20.8 Å². The zero-order chi connectivity index (χ0) is 29.5. The predicted molar refractivity (Wildman–Crippen MR) is 162 cm³/mol. The van der Waals surface area contributed by atoms with Crippen molar-refractivity contribution >= 4 is 28.8 Å². The highest BCUT2D eigenvalue weighted by molar-refractivity contribution is 8.16. The number of carbonyl (C=O) groups excluding carboxylic acids is 2. The second-order valence-corrected chi connectivity index (χ2v) is 10.5. The average molecular weight is 585 g/mol. The number of para-hydroxylation sites is 1. The molecule has 0 aliphatic carbocycles. The largest absolute Gasteiger partial charge is 0.493 e. The molecule has 1 unspecified atom stereocenters. The van der Waals surface area contributed by atoms with Crippen LogP contribution in [0.25, 0.3) is 0 Å². The number of nitrogens with zero attached hydrogens (tertiary/aromatic N) is 3. The van der Waals surface area contributed by atoms with Gasteiger partial charge in [-0.3, -0.25) is 9.78 Å². The number of carbonyl (C=O) groups is 2. The van der Waals surface area contributed by atoms with Crippen LogP contribution >= 0.6 is 11.8 Å². The molecular formula is C32H32N4O5S. The Balaban J connectivity index is 1.43. The van der Waals surface area contributed by atoms with E-state index < -0.39 is 12.0 Å². The van der Waals surface area contributed by atoms with Gasteiger partial charge in [0.15, 0.2) is 16.7 Å². The van der Waals surface area contributed by atoms with Gasteiger partial charge < -0.3 is 24.4 Å². The van der Waals surface area contributed by atoms with Crippen molar-refractivity contribution in [3.8, 4) is 11.5 Å². The van der Waals surface area contributed by atoms with Crippen LogP contribution in [0.15, 0.2) is 100 Å². The van der Waals surface area contributed by atoms with Gasteiger partial charge in [-0.2, -0.15) is 0 Å². The lowest BCUT2D eigenvalue weighted by Gasteiger charge is -2.37. The molecule has 2 aromatic carbocycles. The summed E-state index contributed by atoms with van der Waals surface area (Å²) < 4.78 is 17.2. The van der Waals surface area contributed by atoms with Crippen LogP contribution in [-0.4, -0.2) is 47.7 Å². The Morgan fingerprint density at radius 2 is 1.81 bits per heavy atom. The summed E-state index contributed by atoms with van der Waals surface area (Å²) in [4.78, 5) is 37.8. The third kappa shape index (κ3) is 6.33. The van der Waals surface area contributed by atoms with Crippen LogP contribution in [-0.2, 0) is 27.4 Å². The van der Waals surface area contributed by atoms with E-state index in [2.05, 4.69) is 10.3 Å². The first-order chi connectivity index (χ1) is 20.5. The van der Waals surface area contributed by atoms with Crippen LogP contribution in [0.2, 0.25) is 0 Å². The molecule has 5 rings (SSSR count). The monoisotopic (exact) mass is 584 g/mol. The summed E-state index contributed by atoms with van der Waals surface area (Å²) in [6.07, 6.45) is 2.46. The molecule has 1 aromatic heterocycles. The first kappa shape index (κ1) is 28.9. The molecule has 1 atom stereocenters. The number of aromatic nitrogens is 1. The number of nitrogens with one attached hydrogen (secondary N) is 1. The minimum Gasteiger partial charge on any atom is -0.493 e. The third-order valence-electron chi connectivity index (χ3n) is 6.93. The Kier molecular flexibility index (Phi) is 9.23. The molecule has 2 aliphatic heterocycles. The summed E-state index contributed by atoms with van der Waals surface area (Å²) in [5, 5.41) is 5.56. The Morgan fingerprint density at radius 3 is 2.55 bits per heavy atom. The number of hydrogen-bond donors (Lipinski definition) is 1. The van der Waals surface area contributed by atoms with Gasteiger partial charge in [-0.25, -0.2) is 9.79 Å². The zero-order valence-electron chi connectivity index (χ0n) is 23.7. The molecule has 3 heterocycles. The number of hydrogen-bond acceptors (Lipinski definition) is 9. The van der Waals surface area contributed by atoms with Gasteiger partial charge in [0.05, 0.1) is 38.0 Å². The van der Waals surface area contributed by atoms with E-state index in [0.717, 1.165) is 11.3 Å². The molecule has 42 heavy (non-hydrogen) atoms. The highest BCUT2D eigenvalue weighted by Gasteiger charge is 2.42. The average Bonchev–Trinajstić information content (AvgIpc) is 3.41. The number of fused-ring (bicyclic) bond motifs is 1. The Bertz CT molecular complexity index is 1540. The van der Waals surface area contributed by atoms with Gasteiger partial charge in [-0.05, 0) is 36.1 Å². The van der Waals surface area contributed by atoms with E-state index in [1.165, 1.54) is 11.8 Å². The quantitative estimate of drug-likeness (QED) is 0.308. The van der Waals surface area contributed by atoms with Gasteiger partial charge in [-0.1, -0.05) is 60.3 Å². The van der Waals surface area contributed by atoms with E-state index in [1.54, 1.807) is 33.4 Å². The molecule has 0 fully saturated rings. The Morgan fingerprint density at radius 1 is 1.00 bits per heavy atom. The number of pyridine rings is 1. The molecule has 1 N–H and O–H groups in total. The molecule has 0 radical (unpaired) electrons. The maximum absolute atomic E-state index is 13.8. The molecular weight excluding hydrogens is 552 g/mol. The number of aliphatic imine (C=N–C) groups is 1. The van der Waals surface area contributed by atoms with E-state index in [4.69, 9.17) is 19.2 Å². The van der Waals surface area contributed by atoms with Crippen LogP contribution < -0.4 is 14.8 Å². The number of rotatable bonds is 11. The summed E-state index contributed by atoms with van der Waals surface area (Å²) in [6.45, 7) is 2.37. The number of thioether (sulfide) groups is 1. The molecule has 216 valence electrons. The van der Waals surface area contributed by atoms with Crippen molar-refractivity contribution in [2.24, 2.45) is 4.99 Å². The first-order valence-corrected chi connectivity index (χ1v) is 14.4. The Hall–Kier alpha value is -4.57. The van der Waals surface area contributed by atoms with E-state index in [-0.39, 0.29) is 18.9 Å². The van der Waals surface area contributed by atoms with Gasteiger partial charge in [0, 0.05) is 36.1 Å². The SMILES string of the molecule is COc1cccc(C2C(C(=O)OCc3ccccc3)=C(C)N=C3SC=C(CC(=O)NCCc4ccccn4)N32)c1OC. The molecule has 10 heteroatoms. The fourth-order valence-corrected chi connectivity index (χ4v) is 5.92. The number of methoxy groups -OCH3 is 2. The Labute approximate surface area is 249 Å². The third-order valence-corrected chi connectivity index (χ3v) is 7.82. The van der Waals surface area contributed by atoms with Gasteiger partial charge in [-0.15, -0.1) is 0 Å². The summed E-state index contributed by atoms with van der Waals surface area (Å²) in [7, 11) is 3.13. The van der Waals surface area contributed by atoms with Crippen LogP contribution in [0.4, 0.5) is 0 Å². The van der Waals surface area contributed by atoms with E-state index >= 15 is 0 Å². The van der Waals surface area contributed by atoms with Crippen molar-refractivity contribution in [2.45, 2.75) is 32.4 Å². The molecule has 0 spiro atoms. The summed E-state index contributed by atoms with van der Waals surface area (Å²) >= 11 is 1.41. The number of allylic oxidation sites excluding steroid dienone is 1. The van der Waals surface area contributed by atoms with Crippen molar-refractivity contribution in [1.82, 2.24) is 15.2 Å². The van der Waals surface area contributed by atoms with E-state index in [0.29, 0.717) is 52.2 Å². The summed E-state index contributed by atoms with van der Waals surface area (Å²) in [6, 6.07) is 20.1. The van der Waals surface area contributed by atoms with E-state index in [9.17, 15) is 9.59 Å². The van der Waals surface area contributed by atoms with Crippen molar-refractivity contribution in [3.05, 3.63) is 112 Å². The second-order valence-electron chi connectivity index (χ2n) is 9.64. The highest BCUT2D eigenvalue weighted by Crippen LogP contribution is 2.48. The van der Waals surface area contributed by atoms with Crippen molar-refractivity contribution < 1.29 is 23.8 Å². The summed E-state index contributed by atoms with van der Waals surface area (Å²) in [5.41, 5.74) is 4.09. The fraction of sp³-hybridized carbons (Fsp3) is 0.250. The normalized spacial score (nSPS) is 15.9. The molecule has 2 aliphatic rings. The van der Waals surface area contributed by atoms with Gasteiger partial charge >= 0.3 is 5.97 Å². The lowest BCUT2D eigenvalue weighted by molar-refractivity contribution is -0.141. The lowest BCUT2D eigenvalue weighted by atomic mass is 9.92. The van der Waals surface area contributed by atoms with Crippen LogP contribution in [0.1, 0.15) is 36.2 Å². The fourth-order valence-electron chi connectivity index (χ4n) is 4.96. The van der Waals surface area contributed by atoms with Gasteiger partial charge in [0.25, 0.3) is 0 Å². The molecule has 0 saturated carbocycles. The summed E-state index contributed by atoms with van der Waals surface area (Å²) in [5.74, 6) is 0.377. The topological polar surface area (TPSA) is 102 Å². The van der Waals surface area contributed by atoms with Gasteiger partial charge in [0.2, 0.25) is 5.91 Å². The number of benzene rings is 2. The first-order valence-electron chi connectivity index (χ1n) is 13.5. The zero-order valence-corrected chi connectivity index (χ0v) is 24.5. The molecule has 0 saturated heterocycles. The minimum absolute atomic E-state index is 0.0996. The van der Waals surface area contributed by atoms with Crippen LogP contribution in [0, 0.1) is 0 Å². The predicted octanol–water partition coefficient (Wildman–Crippen LogP) is 5.17. The smallest absolute Gasteiger partial charge is 0.338 e. The molecule has 0 bridgehead atoms. The molecule has 1 amide bonds. The van der Waals surface area contributed by atoms with Crippen LogP contribution in [0.3, 0.4) is 0 Å². The minimum atomic E-state index is -0.659. The number of amidine groups is 1. The van der Waals surface area contributed by atoms with E-state index in [1.807, 2.05) is 71.0 Å². The molecule has 9 nitrogen and oxygen atoms in total. The maximum atomic E-state index is 13.8. The standard InChI is InChI=1S/C32H32N4O5S/c1-21-28(31(38)41-19-22-10-5-4-6-11-22)29(25-13-9-14-26(39-2)30(25)40-3)36-24(20-42-32(36)35-21)18-27(37)34-17-15-23-12-7-8-16-33-23/h4-14,16,20,29H,15,17-19H2,1-3H3,(H,34,37). The number of esters is 1. The highest BCUT2D eigenvalue weighted by atomic mass is 32.2. The van der Waals surface area contributed by atoms with Crippen LogP contribution in [0.5, 0.6) is 11.5 Å². The number of amides is 1. The molecule has 3 aromatic rings. The number of ether oxygens (including phenoxy) is 3. The second kappa shape index (κ2) is 13.4. The van der Waals surface area contributed by atoms with Crippen molar-refractivity contribution in [1.29, 1.82) is 0 Å². The van der Waals surface area contributed by atoms with Gasteiger partial charge in [0.1, 0.15) is 6.61 Å². The maximum Gasteiger partial charge on any atom is 0.338 e.